The molecule has 2 N–H and O–H groups in total. The molecule has 0 aliphatic rings. The van der Waals surface area contributed by atoms with E-state index in [2.05, 4.69) is 46.4 Å². The molecule has 0 unspecified atom stereocenters. The van der Waals surface area contributed by atoms with Crippen molar-refractivity contribution in [3.8, 4) is 11.3 Å². The highest BCUT2D eigenvalue weighted by Crippen LogP contribution is 2.30. The number of hydrogen-bond donors (Lipinski definition) is 2. The molecule has 0 aliphatic heterocycles. The summed E-state index contributed by atoms with van der Waals surface area (Å²) in [5.41, 5.74) is 5.71. The van der Waals surface area contributed by atoms with Crippen LogP contribution in [0.3, 0.4) is 0 Å². The molecule has 1 aromatic carbocycles. The third-order valence-electron chi connectivity index (χ3n) is 4.82. The third-order valence-corrected chi connectivity index (χ3v) is 6.16. The molecule has 7 nitrogen and oxygen atoms in total. The Bertz CT molecular complexity index is 1190. The molecule has 0 spiro atoms. The van der Waals surface area contributed by atoms with Crippen LogP contribution in [0.25, 0.3) is 11.3 Å². The van der Waals surface area contributed by atoms with Gasteiger partial charge in [0, 0.05) is 34.4 Å². The zero-order valence-electron chi connectivity index (χ0n) is 17.7. The van der Waals surface area contributed by atoms with Crippen molar-refractivity contribution in [1.82, 2.24) is 9.55 Å². The highest BCUT2D eigenvalue weighted by Gasteiger charge is 2.16. The standard InChI is InChI=1S/C21H26N4O3S2/c1-6-9-25-14(3)10-17(15(25)4)19-12-29-21(22-19)23-20(26)16-8-7-13(2)18(11-16)24-30(5,27)28/h7-8,10-12,24H,6,9H2,1-5H3,(H,22,23,26). The van der Waals surface area contributed by atoms with Crippen LogP contribution in [0, 0.1) is 20.8 Å². The maximum Gasteiger partial charge on any atom is 0.257 e. The molecule has 2 heterocycles. The lowest BCUT2D eigenvalue weighted by Crippen LogP contribution is -2.14. The molecule has 0 saturated heterocycles. The molecule has 1 amide bonds. The van der Waals surface area contributed by atoms with Gasteiger partial charge in [-0.15, -0.1) is 11.3 Å². The summed E-state index contributed by atoms with van der Waals surface area (Å²) >= 11 is 1.36. The van der Waals surface area contributed by atoms with Crippen LogP contribution in [0.2, 0.25) is 0 Å². The number of amides is 1. The number of carbonyl (C=O) groups excluding carboxylic acids is 1. The number of sulfonamides is 1. The summed E-state index contributed by atoms with van der Waals surface area (Å²) in [5, 5.41) is 5.23. The predicted molar refractivity (Wildman–Crippen MR) is 123 cm³/mol. The molecule has 0 aliphatic carbocycles. The zero-order valence-corrected chi connectivity index (χ0v) is 19.4. The topological polar surface area (TPSA) is 93.1 Å². The summed E-state index contributed by atoms with van der Waals surface area (Å²) in [6.45, 7) is 9.05. The Kier molecular flexibility index (Phi) is 6.33. The monoisotopic (exact) mass is 446 g/mol. The molecule has 3 rings (SSSR count). The van der Waals surface area contributed by atoms with Crippen LogP contribution in [0.4, 0.5) is 10.8 Å². The van der Waals surface area contributed by atoms with Crippen molar-refractivity contribution in [2.24, 2.45) is 0 Å². The van der Waals surface area contributed by atoms with E-state index in [1.807, 2.05) is 5.38 Å². The van der Waals surface area contributed by atoms with Crippen molar-refractivity contribution in [3.05, 3.63) is 52.2 Å². The molecule has 0 atom stereocenters. The fourth-order valence-corrected chi connectivity index (χ4v) is 4.65. The lowest BCUT2D eigenvalue weighted by Gasteiger charge is -2.09. The van der Waals surface area contributed by atoms with Crippen molar-refractivity contribution in [3.63, 3.8) is 0 Å². The van der Waals surface area contributed by atoms with Gasteiger partial charge in [-0.2, -0.15) is 0 Å². The van der Waals surface area contributed by atoms with Crippen LogP contribution >= 0.6 is 11.3 Å². The van der Waals surface area contributed by atoms with Gasteiger partial charge in [-0.1, -0.05) is 13.0 Å². The molecular weight excluding hydrogens is 420 g/mol. The first-order valence-electron chi connectivity index (χ1n) is 9.61. The number of rotatable bonds is 7. The van der Waals surface area contributed by atoms with E-state index in [0.29, 0.717) is 16.4 Å². The number of anilines is 2. The zero-order chi connectivity index (χ0) is 22.1. The summed E-state index contributed by atoms with van der Waals surface area (Å²) in [6, 6.07) is 7.01. The van der Waals surface area contributed by atoms with Gasteiger partial charge in [0.2, 0.25) is 10.0 Å². The van der Waals surface area contributed by atoms with Crippen LogP contribution in [-0.2, 0) is 16.6 Å². The Morgan fingerprint density at radius 2 is 1.93 bits per heavy atom. The number of nitrogens with zero attached hydrogens (tertiary/aromatic N) is 2. The highest BCUT2D eigenvalue weighted by atomic mass is 32.2. The molecule has 9 heteroatoms. The van der Waals surface area contributed by atoms with Crippen molar-refractivity contribution in [2.75, 3.05) is 16.3 Å². The summed E-state index contributed by atoms with van der Waals surface area (Å²) < 4.78 is 27.8. The van der Waals surface area contributed by atoms with Crippen LogP contribution in [0.5, 0.6) is 0 Å². The Morgan fingerprint density at radius 3 is 2.60 bits per heavy atom. The quantitative estimate of drug-likeness (QED) is 0.556. The molecule has 0 bridgehead atoms. The lowest BCUT2D eigenvalue weighted by atomic mass is 10.1. The van der Waals surface area contributed by atoms with Crippen molar-refractivity contribution < 1.29 is 13.2 Å². The summed E-state index contributed by atoms with van der Waals surface area (Å²) in [6.07, 6.45) is 2.13. The second-order valence-electron chi connectivity index (χ2n) is 7.33. The number of nitrogens with one attached hydrogen (secondary N) is 2. The minimum atomic E-state index is -3.43. The second kappa shape index (κ2) is 8.61. The SMILES string of the molecule is CCCn1c(C)cc(-c2csc(NC(=O)c3ccc(C)c(NS(C)(=O)=O)c3)n2)c1C. The number of thiazole rings is 1. The number of aromatic nitrogens is 2. The van der Waals surface area contributed by atoms with Crippen LogP contribution in [-0.4, -0.2) is 30.1 Å². The van der Waals surface area contributed by atoms with Crippen LogP contribution in [0.1, 0.15) is 40.7 Å². The lowest BCUT2D eigenvalue weighted by molar-refractivity contribution is 0.102. The summed E-state index contributed by atoms with van der Waals surface area (Å²) in [4.78, 5) is 17.3. The van der Waals surface area contributed by atoms with Gasteiger partial charge in [-0.05, 0) is 51.0 Å². The Balaban J connectivity index is 1.81. The first kappa shape index (κ1) is 22.0. The number of aryl methyl sites for hydroxylation is 2. The van der Waals surface area contributed by atoms with Gasteiger partial charge in [-0.3, -0.25) is 14.8 Å². The molecule has 3 aromatic rings. The first-order valence-corrected chi connectivity index (χ1v) is 12.4. The van der Waals surface area contributed by atoms with Gasteiger partial charge in [0.25, 0.3) is 5.91 Å². The van der Waals surface area contributed by atoms with E-state index in [1.165, 1.54) is 23.1 Å². The first-order chi connectivity index (χ1) is 14.1. The van der Waals surface area contributed by atoms with E-state index in [4.69, 9.17) is 0 Å². The van der Waals surface area contributed by atoms with Crippen LogP contribution in [0.15, 0.2) is 29.6 Å². The van der Waals surface area contributed by atoms with Crippen molar-refractivity contribution in [2.45, 2.75) is 40.7 Å². The van der Waals surface area contributed by atoms with E-state index in [0.717, 1.165) is 41.7 Å². The van der Waals surface area contributed by atoms with Gasteiger partial charge in [0.15, 0.2) is 5.13 Å². The highest BCUT2D eigenvalue weighted by molar-refractivity contribution is 7.92. The van der Waals surface area contributed by atoms with Gasteiger partial charge >= 0.3 is 0 Å². The molecule has 30 heavy (non-hydrogen) atoms. The fourth-order valence-electron chi connectivity index (χ4n) is 3.33. The minimum absolute atomic E-state index is 0.344. The van der Waals surface area contributed by atoms with Gasteiger partial charge in [0.1, 0.15) is 0 Å². The molecule has 0 saturated carbocycles. The average molecular weight is 447 g/mol. The van der Waals surface area contributed by atoms with Gasteiger partial charge < -0.3 is 4.57 Å². The normalized spacial score (nSPS) is 11.5. The van der Waals surface area contributed by atoms with Gasteiger partial charge in [0.05, 0.1) is 17.6 Å². The molecule has 2 aromatic heterocycles. The van der Waals surface area contributed by atoms with E-state index >= 15 is 0 Å². The Hall–Kier alpha value is -2.65. The van der Waals surface area contributed by atoms with Crippen molar-refractivity contribution in [1.29, 1.82) is 0 Å². The predicted octanol–water partition coefficient (Wildman–Crippen LogP) is 4.57. The maximum absolute atomic E-state index is 12.7. The third kappa shape index (κ3) is 4.91. The van der Waals surface area contributed by atoms with Crippen LogP contribution < -0.4 is 10.0 Å². The van der Waals surface area contributed by atoms with E-state index in [-0.39, 0.29) is 5.91 Å². The molecule has 0 fully saturated rings. The van der Waals surface area contributed by atoms with E-state index < -0.39 is 10.0 Å². The fraction of sp³-hybridized carbons (Fsp3) is 0.333. The smallest absolute Gasteiger partial charge is 0.257 e. The summed E-state index contributed by atoms with van der Waals surface area (Å²) in [7, 11) is -3.43. The molecule has 0 radical (unpaired) electrons. The number of benzene rings is 1. The second-order valence-corrected chi connectivity index (χ2v) is 9.94. The largest absolute Gasteiger partial charge is 0.348 e. The van der Waals surface area contributed by atoms with Gasteiger partial charge in [-0.25, -0.2) is 13.4 Å². The Morgan fingerprint density at radius 1 is 1.20 bits per heavy atom. The molecular formula is C21H26N4O3S2. The van der Waals surface area contributed by atoms with E-state index in [1.54, 1.807) is 19.1 Å². The molecule has 160 valence electrons. The maximum atomic E-state index is 12.7. The van der Waals surface area contributed by atoms with E-state index in [9.17, 15) is 13.2 Å². The minimum Gasteiger partial charge on any atom is -0.348 e. The number of carbonyl (C=O) groups is 1. The average Bonchev–Trinajstić information content (AvgIpc) is 3.22. The summed E-state index contributed by atoms with van der Waals surface area (Å²) in [5.74, 6) is -0.344. The Labute approximate surface area is 181 Å². The van der Waals surface area contributed by atoms with Crippen molar-refractivity contribution >= 4 is 38.1 Å². The number of hydrogen-bond acceptors (Lipinski definition) is 5.